The Morgan fingerprint density at radius 3 is 2.61 bits per heavy atom. The molecule has 0 unspecified atom stereocenters. The summed E-state index contributed by atoms with van der Waals surface area (Å²) >= 11 is 0. The summed E-state index contributed by atoms with van der Waals surface area (Å²) < 4.78 is 37.8. The van der Waals surface area contributed by atoms with E-state index in [1.54, 1.807) is 26.0 Å². The molecule has 0 atom stereocenters. The molecule has 0 bridgehead atoms. The fourth-order valence-electron chi connectivity index (χ4n) is 3.01. The summed E-state index contributed by atoms with van der Waals surface area (Å²) in [6.45, 7) is 10.3. The average Bonchev–Trinajstić information content (AvgIpc) is 2.68. The molecule has 28 heavy (non-hydrogen) atoms. The average molecular weight is 414 g/mol. The predicted molar refractivity (Wildman–Crippen MR) is 107 cm³/mol. The van der Waals surface area contributed by atoms with E-state index in [-0.39, 0.29) is 23.9 Å². The van der Waals surface area contributed by atoms with Crippen molar-refractivity contribution in [3.8, 4) is 5.75 Å². The van der Waals surface area contributed by atoms with Gasteiger partial charge in [-0.05, 0) is 37.6 Å². The molecular weight excluding hydrogens is 382 g/mol. The lowest BCUT2D eigenvalue weighted by Gasteiger charge is -2.26. The predicted octanol–water partition coefficient (Wildman–Crippen LogP) is 0.853. The van der Waals surface area contributed by atoms with Crippen LogP contribution in [-0.4, -0.2) is 82.6 Å². The van der Waals surface area contributed by atoms with Crippen LogP contribution in [0.2, 0.25) is 0 Å². The van der Waals surface area contributed by atoms with E-state index in [1.165, 1.54) is 10.4 Å². The Morgan fingerprint density at radius 1 is 1.29 bits per heavy atom. The Labute approximate surface area is 167 Å². The van der Waals surface area contributed by atoms with Gasteiger partial charge < -0.3 is 14.8 Å². The monoisotopic (exact) mass is 413 g/mol. The molecule has 1 aliphatic heterocycles. The first kappa shape index (κ1) is 22.6. The van der Waals surface area contributed by atoms with Gasteiger partial charge in [0.15, 0.2) is 0 Å². The molecule has 1 heterocycles. The zero-order valence-corrected chi connectivity index (χ0v) is 17.8. The molecule has 0 aromatic heterocycles. The highest BCUT2D eigenvalue weighted by Crippen LogP contribution is 2.24. The number of carbonyl (C=O) groups is 1. The Bertz CT molecular complexity index is 748. The van der Waals surface area contributed by atoms with Crippen LogP contribution < -0.4 is 10.1 Å². The molecule has 9 heteroatoms. The molecule has 158 valence electrons. The second-order valence-electron chi connectivity index (χ2n) is 6.60. The van der Waals surface area contributed by atoms with Crippen LogP contribution in [0.4, 0.5) is 0 Å². The fraction of sp³-hybridized carbons (Fsp3) is 0.632. The molecule has 1 aliphatic rings. The number of nitrogens with zero attached hydrogens (tertiary/aromatic N) is 2. The SMILES string of the molecule is CCOc1ccc(S(=O)(=O)N(CC)CC(=O)NCCN2CCOCC2)cc1C. The number of hydrogen-bond acceptors (Lipinski definition) is 6. The van der Waals surface area contributed by atoms with E-state index in [2.05, 4.69) is 10.2 Å². The smallest absolute Gasteiger partial charge is 0.243 e. The number of sulfonamides is 1. The van der Waals surface area contributed by atoms with Crippen molar-refractivity contribution < 1.29 is 22.7 Å². The molecule has 1 N–H and O–H groups in total. The lowest BCUT2D eigenvalue weighted by molar-refractivity contribution is -0.121. The molecule has 1 amide bonds. The van der Waals surface area contributed by atoms with Crippen LogP contribution in [-0.2, 0) is 19.6 Å². The zero-order valence-electron chi connectivity index (χ0n) is 16.9. The van der Waals surface area contributed by atoms with Gasteiger partial charge in [-0.3, -0.25) is 9.69 Å². The number of likely N-dealkylation sites (N-methyl/N-ethyl adjacent to an activating group) is 1. The molecular formula is C19H31N3O5S. The van der Waals surface area contributed by atoms with Gasteiger partial charge >= 0.3 is 0 Å². The number of aryl methyl sites for hydroxylation is 1. The van der Waals surface area contributed by atoms with Gasteiger partial charge in [-0.25, -0.2) is 8.42 Å². The molecule has 1 fully saturated rings. The highest BCUT2D eigenvalue weighted by atomic mass is 32.2. The summed E-state index contributed by atoms with van der Waals surface area (Å²) in [5.74, 6) is 0.353. The van der Waals surface area contributed by atoms with Crippen LogP contribution in [0.5, 0.6) is 5.75 Å². The first-order valence-corrected chi connectivity index (χ1v) is 11.1. The first-order valence-electron chi connectivity index (χ1n) is 9.68. The third kappa shape index (κ3) is 6.16. The minimum atomic E-state index is -3.76. The van der Waals surface area contributed by atoms with Gasteiger partial charge in [0, 0.05) is 32.7 Å². The topological polar surface area (TPSA) is 88.2 Å². The minimum absolute atomic E-state index is 0.163. The fourth-order valence-corrected chi connectivity index (χ4v) is 4.50. The maximum absolute atomic E-state index is 12.9. The number of hydrogen-bond donors (Lipinski definition) is 1. The molecule has 0 aliphatic carbocycles. The number of amides is 1. The van der Waals surface area contributed by atoms with Crippen molar-refractivity contribution in [3.63, 3.8) is 0 Å². The Balaban J connectivity index is 1.94. The highest BCUT2D eigenvalue weighted by Gasteiger charge is 2.26. The van der Waals surface area contributed by atoms with Gasteiger partial charge in [0.25, 0.3) is 0 Å². The van der Waals surface area contributed by atoms with E-state index >= 15 is 0 Å². The number of rotatable bonds is 10. The highest BCUT2D eigenvalue weighted by molar-refractivity contribution is 7.89. The van der Waals surface area contributed by atoms with E-state index in [9.17, 15) is 13.2 Å². The van der Waals surface area contributed by atoms with Crippen molar-refractivity contribution in [1.29, 1.82) is 0 Å². The van der Waals surface area contributed by atoms with Gasteiger partial charge in [-0.2, -0.15) is 4.31 Å². The van der Waals surface area contributed by atoms with Gasteiger partial charge in [-0.1, -0.05) is 6.92 Å². The number of ether oxygens (including phenoxy) is 2. The van der Waals surface area contributed by atoms with Gasteiger partial charge in [0.05, 0.1) is 31.3 Å². The van der Waals surface area contributed by atoms with E-state index < -0.39 is 10.0 Å². The summed E-state index contributed by atoms with van der Waals surface area (Å²) in [6.07, 6.45) is 0. The van der Waals surface area contributed by atoms with Crippen LogP contribution >= 0.6 is 0 Å². The summed E-state index contributed by atoms with van der Waals surface area (Å²) in [4.78, 5) is 14.6. The maximum Gasteiger partial charge on any atom is 0.243 e. The standard InChI is InChI=1S/C19H31N3O5S/c1-4-22(15-19(23)20-8-9-21-10-12-26-13-11-21)28(24,25)17-6-7-18(27-5-2)16(3)14-17/h6-7,14H,4-5,8-13,15H2,1-3H3,(H,20,23). The van der Waals surface area contributed by atoms with Gasteiger partial charge in [0.2, 0.25) is 15.9 Å². The van der Waals surface area contributed by atoms with E-state index in [0.717, 1.165) is 25.2 Å². The maximum atomic E-state index is 12.9. The molecule has 1 saturated heterocycles. The Morgan fingerprint density at radius 2 is 2.00 bits per heavy atom. The van der Waals surface area contributed by atoms with E-state index in [1.807, 2.05) is 6.92 Å². The Hall–Kier alpha value is -1.68. The molecule has 1 aromatic carbocycles. The zero-order chi connectivity index (χ0) is 20.6. The molecule has 0 radical (unpaired) electrons. The van der Waals surface area contributed by atoms with Crippen molar-refractivity contribution >= 4 is 15.9 Å². The van der Waals surface area contributed by atoms with Gasteiger partial charge in [0.1, 0.15) is 5.75 Å². The largest absolute Gasteiger partial charge is 0.494 e. The van der Waals surface area contributed by atoms with Crippen molar-refractivity contribution in [3.05, 3.63) is 23.8 Å². The van der Waals surface area contributed by atoms with Crippen molar-refractivity contribution in [2.75, 3.05) is 59.1 Å². The van der Waals surface area contributed by atoms with E-state index in [0.29, 0.717) is 32.1 Å². The molecule has 0 saturated carbocycles. The van der Waals surface area contributed by atoms with Gasteiger partial charge in [-0.15, -0.1) is 0 Å². The third-order valence-electron chi connectivity index (χ3n) is 4.61. The normalized spacial score (nSPS) is 15.6. The summed E-state index contributed by atoms with van der Waals surface area (Å²) in [7, 11) is -3.76. The molecule has 8 nitrogen and oxygen atoms in total. The van der Waals surface area contributed by atoms with Crippen molar-refractivity contribution in [2.45, 2.75) is 25.7 Å². The summed E-state index contributed by atoms with van der Waals surface area (Å²) in [5.41, 5.74) is 0.744. The van der Waals surface area contributed by atoms with Crippen LogP contribution in [0.25, 0.3) is 0 Å². The summed E-state index contributed by atoms with van der Waals surface area (Å²) in [6, 6.07) is 4.76. The Kier molecular flexibility index (Phi) is 8.68. The van der Waals surface area contributed by atoms with Crippen LogP contribution in [0, 0.1) is 6.92 Å². The lowest BCUT2D eigenvalue weighted by atomic mass is 10.2. The number of nitrogens with one attached hydrogen (secondary N) is 1. The number of carbonyl (C=O) groups excluding carboxylic acids is 1. The van der Waals surface area contributed by atoms with Crippen molar-refractivity contribution in [1.82, 2.24) is 14.5 Å². The van der Waals surface area contributed by atoms with Crippen LogP contribution in [0.15, 0.2) is 23.1 Å². The minimum Gasteiger partial charge on any atom is -0.494 e. The quantitative estimate of drug-likeness (QED) is 0.612. The molecule has 0 spiro atoms. The first-order chi connectivity index (χ1) is 13.4. The van der Waals surface area contributed by atoms with Crippen LogP contribution in [0.3, 0.4) is 0 Å². The summed E-state index contributed by atoms with van der Waals surface area (Å²) in [5, 5.41) is 2.81. The third-order valence-corrected chi connectivity index (χ3v) is 6.53. The molecule has 1 aromatic rings. The number of morpholine rings is 1. The van der Waals surface area contributed by atoms with Crippen molar-refractivity contribution in [2.24, 2.45) is 0 Å². The number of benzene rings is 1. The second-order valence-corrected chi connectivity index (χ2v) is 8.53. The second kappa shape index (κ2) is 10.8. The van der Waals surface area contributed by atoms with Crippen LogP contribution in [0.1, 0.15) is 19.4 Å². The molecule has 2 rings (SSSR count). The van der Waals surface area contributed by atoms with E-state index in [4.69, 9.17) is 9.47 Å². The lowest BCUT2D eigenvalue weighted by Crippen LogP contribution is -2.44.